The van der Waals surface area contributed by atoms with Crippen molar-refractivity contribution in [1.29, 1.82) is 0 Å². The van der Waals surface area contributed by atoms with E-state index in [9.17, 15) is 18.3 Å². The summed E-state index contributed by atoms with van der Waals surface area (Å²) < 4.78 is 38.2. The van der Waals surface area contributed by atoms with Crippen molar-refractivity contribution in [3.05, 3.63) is 70.4 Å². The number of aromatic nitrogens is 1. The molecule has 4 nitrogen and oxygen atoms in total. The number of nitrogens with zero attached hydrogens (tertiary/aromatic N) is 1. The molecule has 0 radical (unpaired) electrons. The van der Waals surface area contributed by atoms with E-state index in [4.69, 9.17) is 5.73 Å². The first kappa shape index (κ1) is 17.7. The van der Waals surface area contributed by atoms with E-state index in [0.29, 0.717) is 17.1 Å². The summed E-state index contributed by atoms with van der Waals surface area (Å²) in [5.74, 6) is 0.299. The van der Waals surface area contributed by atoms with Gasteiger partial charge >= 0.3 is 6.18 Å². The highest BCUT2D eigenvalue weighted by atomic mass is 19.4. The van der Waals surface area contributed by atoms with E-state index in [0.717, 1.165) is 29.8 Å². The molecule has 7 heteroatoms. The number of halogens is 3. The molecule has 1 fully saturated rings. The van der Waals surface area contributed by atoms with Crippen LogP contribution in [0.2, 0.25) is 0 Å². The number of hydrogen-bond donors (Lipinski definition) is 3. The second-order valence-electron chi connectivity index (χ2n) is 7.54. The third kappa shape index (κ3) is 2.81. The lowest BCUT2D eigenvalue weighted by Gasteiger charge is -2.33. The fraction of sp³-hybridized carbons (Fsp3) is 0.350. The van der Waals surface area contributed by atoms with Gasteiger partial charge in [0.25, 0.3) is 0 Å². The molecule has 3 atom stereocenters. The molecule has 1 aromatic carbocycles. The van der Waals surface area contributed by atoms with Crippen molar-refractivity contribution in [2.45, 2.75) is 37.9 Å². The molecule has 0 bridgehead atoms. The Kier molecular flexibility index (Phi) is 3.70. The Balaban J connectivity index is 1.53. The molecule has 4 N–H and O–H groups in total. The van der Waals surface area contributed by atoms with Crippen molar-refractivity contribution in [1.82, 2.24) is 10.3 Å². The summed E-state index contributed by atoms with van der Waals surface area (Å²) in [6.45, 7) is 3.81. The molecule has 1 aromatic heterocycles. The molecule has 1 aliphatic heterocycles. The SMILES string of the molecule is Cc1nc([C@@H]2NC(C3CC3(C)c3ccc(C(F)(F)F)cc3)=C2O)ccc1N. The monoisotopic (exact) mass is 375 g/mol. The Hall–Kier alpha value is -2.70. The van der Waals surface area contributed by atoms with E-state index in [1.54, 1.807) is 12.1 Å². The predicted octanol–water partition coefficient (Wildman–Crippen LogP) is 4.38. The van der Waals surface area contributed by atoms with E-state index in [-0.39, 0.29) is 23.1 Å². The zero-order valence-corrected chi connectivity index (χ0v) is 14.9. The zero-order valence-electron chi connectivity index (χ0n) is 14.9. The minimum absolute atomic E-state index is 0.0559. The number of anilines is 1. The van der Waals surface area contributed by atoms with E-state index in [1.807, 2.05) is 13.8 Å². The molecule has 0 saturated heterocycles. The number of nitrogens with one attached hydrogen (secondary N) is 1. The van der Waals surface area contributed by atoms with Crippen molar-refractivity contribution >= 4 is 5.69 Å². The van der Waals surface area contributed by atoms with Crippen LogP contribution in [0.15, 0.2) is 47.9 Å². The number of aliphatic hydroxyl groups is 1. The number of pyridine rings is 1. The fourth-order valence-corrected chi connectivity index (χ4v) is 3.77. The molecule has 4 rings (SSSR count). The van der Waals surface area contributed by atoms with Gasteiger partial charge in [-0.1, -0.05) is 19.1 Å². The maximum absolute atomic E-state index is 12.7. The van der Waals surface area contributed by atoms with Gasteiger partial charge in [0.05, 0.1) is 28.3 Å². The molecule has 2 aliphatic rings. The molecule has 2 aromatic rings. The van der Waals surface area contributed by atoms with Gasteiger partial charge in [0.2, 0.25) is 0 Å². The number of rotatable bonds is 3. The minimum atomic E-state index is -4.34. The fourth-order valence-electron chi connectivity index (χ4n) is 3.77. The van der Waals surface area contributed by atoms with Gasteiger partial charge < -0.3 is 16.2 Å². The highest BCUT2D eigenvalue weighted by molar-refractivity contribution is 5.47. The predicted molar refractivity (Wildman–Crippen MR) is 95.8 cm³/mol. The number of aryl methyl sites for hydroxylation is 1. The van der Waals surface area contributed by atoms with Crippen molar-refractivity contribution in [2.24, 2.45) is 5.92 Å². The lowest BCUT2D eigenvalue weighted by molar-refractivity contribution is -0.137. The van der Waals surface area contributed by atoms with Gasteiger partial charge in [0.15, 0.2) is 0 Å². The molecule has 1 aliphatic carbocycles. The van der Waals surface area contributed by atoms with Crippen LogP contribution in [0.1, 0.15) is 41.9 Å². The van der Waals surface area contributed by atoms with Crippen LogP contribution in [-0.2, 0) is 11.6 Å². The van der Waals surface area contributed by atoms with Gasteiger partial charge in [0, 0.05) is 11.3 Å². The summed E-state index contributed by atoms with van der Waals surface area (Å²) >= 11 is 0. The van der Waals surface area contributed by atoms with E-state index < -0.39 is 11.7 Å². The summed E-state index contributed by atoms with van der Waals surface area (Å²) in [5.41, 5.74) is 8.43. The zero-order chi connectivity index (χ0) is 19.6. The Morgan fingerprint density at radius 1 is 1.19 bits per heavy atom. The van der Waals surface area contributed by atoms with Crippen LogP contribution in [0.25, 0.3) is 0 Å². The Morgan fingerprint density at radius 3 is 2.41 bits per heavy atom. The first-order chi connectivity index (χ1) is 12.6. The Labute approximate surface area is 154 Å². The van der Waals surface area contributed by atoms with Gasteiger partial charge in [-0.25, -0.2) is 0 Å². The third-order valence-corrected chi connectivity index (χ3v) is 5.75. The van der Waals surface area contributed by atoms with E-state index in [1.165, 1.54) is 12.1 Å². The number of nitrogens with two attached hydrogens (primary N) is 1. The maximum Gasteiger partial charge on any atom is 0.416 e. The number of nitrogen functional groups attached to an aromatic ring is 1. The summed E-state index contributed by atoms with van der Waals surface area (Å²) in [5, 5.41) is 13.8. The van der Waals surface area contributed by atoms with E-state index in [2.05, 4.69) is 10.3 Å². The van der Waals surface area contributed by atoms with Crippen LogP contribution in [0.5, 0.6) is 0 Å². The number of alkyl halides is 3. The van der Waals surface area contributed by atoms with Crippen LogP contribution in [0.4, 0.5) is 18.9 Å². The number of allylic oxidation sites excluding steroid dienone is 1. The lowest BCUT2D eigenvalue weighted by atomic mass is 9.90. The first-order valence-corrected chi connectivity index (χ1v) is 8.71. The van der Waals surface area contributed by atoms with Crippen LogP contribution in [0, 0.1) is 12.8 Å². The van der Waals surface area contributed by atoms with Crippen molar-refractivity contribution < 1.29 is 18.3 Å². The van der Waals surface area contributed by atoms with Crippen LogP contribution in [0.3, 0.4) is 0 Å². The molecule has 2 heterocycles. The molecule has 142 valence electrons. The third-order valence-electron chi connectivity index (χ3n) is 5.75. The largest absolute Gasteiger partial charge is 0.508 e. The summed E-state index contributed by atoms with van der Waals surface area (Å²) in [6.07, 6.45) is -3.57. The summed E-state index contributed by atoms with van der Waals surface area (Å²) in [7, 11) is 0. The average molecular weight is 375 g/mol. The topological polar surface area (TPSA) is 71.2 Å². The van der Waals surface area contributed by atoms with E-state index >= 15 is 0 Å². The Bertz CT molecular complexity index is 936. The lowest BCUT2D eigenvalue weighted by Crippen LogP contribution is -2.37. The smallest absolute Gasteiger partial charge is 0.416 e. The summed E-state index contributed by atoms with van der Waals surface area (Å²) in [4.78, 5) is 4.40. The Morgan fingerprint density at radius 2 is 1.85 bits per heavy atom. The van der Waals surface area contributed by atoms with Crippen molar-refractivity contribution in [3.63, 3.8) is 0 Å². The standard InChI is InChI=1S/C20H20F3N3O/c1-10-14(24)7-8-15(25-10)17-18(27)16(26-17)13-9-19(13,2)11-3-5-12(6-4-11)20(21,22)23/h3-8,13,17,26-27H,9,24H2,1-2H3/t13?,17-,19?/m0/s1. The normalized spacial score (nSPS) is 27.1. The maximum atomic E-state index is 12.7. The van der Waals surface area contributed by atoms with Gasteiger partial charge in [0.1, 0.15) is 11.8 Å². The highest BCUT2D eigenvalue weighted by Crippen LogP contribution is 2.60. The second-order valence-corrected chi connectivity index (χ2v) is 7.54. The molecule has 27 heavy (non-hydrogen) atoms. The molecule has 0 spiro atoms. The van der Waals surface area contributed by atoms with Crippen LogP contribution in [-0.4, -0.2) is 10.1 Å². The quantitative estimate of drug-likeness (QED) is 0.744. The number of hydrogen-bond acceptors (Lipinski definition) is 4. The second kappa shape index (κ2) is 5.65. The summed E-state index contributed by atoms with van der Waals surface area (Å²) in [6, 6.07) is 8.45. The minimum Gasteiger partial charge on any atom is -0.508 e. The van der Waals surface area contributed by atoms with Gasteiger partial charge in [-0.2, -0.15) is 13.2 Å². The molecule has 0 amide bonds. The van der Waals surface area contributed by atoms with Crippen LogP contribution < -0.4 is 11.1 Å². The van der Waals surface area contributed by atoms with Gasteiger partial charge in [-0.3, -0.25) is 4.98 Å². The van der Waals surface area contributed by atoms with Crippen molar-refractivity contribution in [3.8, 4) is 0 Å². The number of aliphatic hydroxyl groups excluding tert-OH is 1. The number of benzene rings is 1. The average Bonchev–Trinajstić information content (AvgIpc) is 3.28. The van der Waals surface area contributed by atoms with Crippen LogP contribution >= 0.6 is 0 Å². The molecule has 1 saturated carbocycles. The highest BCUT2D eigenvalue weighted by Gasteiger charge is 2.57. The molecule has 2 unspecified atom stereocenters. The first-order valence-electron chi connectivity index (χ1n) is 8.71. The van der Waals surface area contributed by atoms with Crippen molar-refractivity contribution in [2.75, 3.05) is 5.73 Å². The van der Waals surface area contributed by atoms with Gasteiger partial charge in [-0.15, -0.1) is 0 Å². The van der Waals surface area contributed by atoms with Gasteiger partial charge in [-0.05, 0) is 43.2 Å². The molecular formula is C20H20F3N3O. The molecular weight excluding hydrogens is 355 g/mol.